The molecule has 1 unspecified atom stereocenters. The molecule has 0 aromatic heterocycles. The fraction of sp³-hybridized carbons (Fsp3) is 0.500. The summed E-state index contributed by atoms with van der Waals surface area (Å²) in [6.45, 7) is 5.64. The fourth-order valence-electron chi connectivity index (χ4n) is 2.00. The van der Waals surface area contributed by atoms with E-state index in [1.165, 1.54) is 12.1 Å². The molecule has 1 aromatic carbocycles. The molecular weight excluding hydrogens is 250 g/mol. The lowest BCUT2D eigenvalue weighted by Gasteiger charge is -2.13. The molecule has 0 saturated carbocycles. The number of hydrogen-bond acceptors (Lipinski definition) is 2. The number of amides is 1. The molecule has 1 amide bonds. The number of benzene rings is 1. The number of halogens is 2. The van der Waals surface area contributed by atoms with Crippen LogP contribution in [0.25, 0.3) is 0 Å². The maximum Gasteiger partial charge on any atom is 0.254 e. The first kappa shape index (κ1) is 15.6. The van der Waals surface area contributed by atoms with E-state index in [0.717, 1.165) is 25.6 Å². The topological polar surface area (TPSA) is 32.3 Å². The average Bonchev–Trinajstić information content (AvgIpc) is 2.80. The quantitative estimate of drug-likeness (QED) is 0.895. The van der Waals surface area contributed by atoms with Crippen LogP contribution in [0.15, 0.2) is 18.2 Å². The highest BCUT2D eigenvalue weighted by atomic mass is 19.2. The molecule has 2 rings (SSSR count). The highest BCUT2D eigenvalue weighted by Crippen LogP contribution is 2.13. The summed E-state index contributed by atoms with van der Waals surface area (Å²) in [7, 11) is 1.95. The summed E-state index contributed by atoms with van der Waals surface area (Å²) >= 11 is 0. The molecular formula is C14H20F2N2O. The van der Waals surface area contributed by atoms with Crippen LogP contribution in [0, 0.1) is 11.6 Å². The van der Waals surface area contributed by atoms with Crippen molar-refractivity contribution in [3.8, 4) is 0 Å². The first-order valence-electron chi connectivity index (χ1n) is 6.51. The summed E-state index contributed by atoms with van der Waals surface area (Å²) in [5.74, 6) is -2.64. The van der Waals surface area contributed by atoms with Gasteiger partial charge in [-0.3, -0.25) is 4.79 Å². The summed E-state index contributed by atoms with van der Waals surface area (Å²) < 4.78 is 26.3. The zero-order valence-corrected chi connectivity index (χ0v) is 11.5. The van der Waals surface area contributed by atoms with Crippen molar-refractivity contribution in [1.29, 1.82) is 0 Å². The lowest BCUT2D eigenvalue weighted by atomic mass is 10.1. The lowest BCUT2D eigenvalue weighted by Crippen LogP contribution is -2.37. The van der Waals surface area contributed by atoms with E-state index < -0.39 is 17.5 Å². The van der Waals surface area contributed by atoms with Crippen LogP contribution >= 0.6 is 0 Å². The molecule has 106 valence electrons. The summed E-state index contributed by atoms with van der Waals surface area (Å²) in [5, 5.41) is 2.71. The largest absolute Gasteiger partial charge is 0.348 e. The van der Waals surface area contributed by atoms with Crippen molar-refractivity contribution in [3.63, 3.8) is 0 Å². The number of hydrogen-bond donors (Lipinski definition) is 1. The van der Waals surface area contributed by atoms with E-state index in [0.29, 0.717) is 0 Å². The van der Waals surface area contributed by atoms with Crippen molar-refractivity contribution in [2.45, 2.75) is 26.3 Å². The minimum Gasteiger partial charge on any atom is -0.348 e. The van der Waals surface area contributed by atoms with Gasteiger partial charge < -0.3 is 10.2 Å². The summed E-state index contributed by atoms with van der Waals surface area (Å²) in [6, 6.07) is 3.62. The molecule has 1 N–H and O–H groups in total. The van der Waals surface area contributed by atoms with Crippen LogP contribution < -0.4 is 5.32 Å². The molecule has 1 aliphatic heterocycles. The third-order valence-corrected chi connectivity index (χ3v) is 2.92. The summed E-state index contributed by atoms with van der Waals surface area (Å²) in [4.78, 5) is 13.8. The molecule has 0 bridgehead atoms. The van der Waals surface area contributed by atoms with Gasteiger partial charge in [0.1, 0.15) is 0 Å². The Labute approximate surface area is 112 Å². The molecule has 1 saturated heterocycles. The van der Waals surface area contributed by atoms with Gasteiger partial charge in [0, 0.05) is 12.6 Å². The third kappa shape index (κ3) is 3.99. The molecule has 19 heavy (non-hydrogen) atoms. The lowest BCUT2D eigenvalue weighted by molar-refractivity contribution is 0.0933. The fourth-order valence-corrected chi connectivity index (χ4v) is 2.00. The maximum absolute atomic E-state index is 13.4. The van der Waals surface area contributed by atoms with Crippen LogP contribution in [0.2, 0.25) is 0 Å². The van der Waals surface area contributed by atoms with Crippen molar-refractivity contribution >= 4 is 5.91 Å². The molecule has 5 heteroatoms. The van der Waals surface area contributed by atoms with Crippen molar-refractivity contribution in [3.05, 3.63) is 35.4 Å². The van der Waals surface area contributed by atoms with Gasteiger partial charge in [0.2, 0.25) is 0 Å². The van der Waals surface area contributed by atoms with E-state index in [-0.39, 0.29) is 11.6 Å². The van der Waals surface area contributed by atoms with Gasteiger partial charge in [-0.2, -0.15) is 0 Å². The second-order valence-electron chi connectivity index (χ2n) is 4.32. The van der Waals surface area contributed by atoms with Gasteiger partial charge in [0.05, 0.1) is 5.56 Å². The van der Waals surface area contributed by atoms with E-state index in [1.807, 2.05) is 20.9 Å². The van der Waals surface area contributed by atoms with Crippen molar-refractivity contribution in [1.82, 2.24) is 10.2 Å². The highest BCUT2D eigenvalue weighted by molar-refractivity contribution is 5.94. The molecule has 1 fully saturated rings. The Bertz CT molecular complexity index is 437. The van der Waals surface area contributed by atoms with E-state index in [9.17, 15) is 13.6 Å². The molecule has 1 aliphatic rings. The second kappa shape index (κ2) is 7.19. The van der Waals surface area contributed by atoms with Crippen molar-refractivity contribution < 1.29 is 13.6 Å². The molecule has 0 aliphatic carbocycles. The molecule has 0 spiro atoms. The average molecular weight is 270 g/mol. The minimum atomic E-state index is -1.09. The number of nitrogens with zero attached hydrogens (tertiary/aromatic N) is 1. The zero-order valence-electron chi connectivity index (χ0n) is 11.5. The van der Waals surface area contributed by atoms with Gasteiger partial charge in [-0.25, -0.2) is 8.78 Å². The number of nitrogens with one attached hydrogen (secondary N) is 1. The smallest absolute Gasteiger partial charge is 0.254 e. The van der Waals surface area contributed by atoms with Crippen LogP contribution in [0.1, 0.15) is 30.6 Å². The number of likely N-dealkylation sites (N-methyl/N-ethyl adjacent to an activating group) is 1. The van der Waals surface area contributed by atoms with Gasteiger partial charge in [-0.1, -0.05) is 19.9 Å². The Balaban J connectivity index is 0.000000861. The van der Waals surface area contributed by atoms with Crippen molar-refractivity contribution in [2.75, 3.05) is 20.1 Å². The predicted molar refractivity (Wildman–Crippen MR) is 71.1 cm³/mol. The van der Waals surface area contributed by atoms with Crippen LogP contribution in [0.5, 0.6) is 0 Å². The maximum atomic E-state index is 13.4. The van der Waals surface area contributed by atoms with E-state index in [1.54, 1.807) is 0 Å². The standard InChI is InChI=1S/C12H14F2N2O.C2H6/c1-16-6-5-8(7-16)15-12(17)9-3-2-4-10(13)11(9)14;1-2/h2-4,8H,5-7H2,1H3,(H,15,17);1-2H3. The van der Waals surface area contributed by atoms with E-state index >= 15 is 0 Å². The predicted octanol–water partition coefficient (Wildman–Crippen LogP) is 2.42. The Morgan fingerprint density at radius 2 is 2.05 bits per heavy atom. The molecule has 0 radical (unpaired) electrons. The number of rotatable bonds is 2. The molecule has 1 atom stereocenters. The van der Waals surface area contributed by atoms with Gasteiger partial charge in [0.15, 0.2) is 11.6 Å². The third-order valence-electron chi connectivity index (χ3n) is 2.92. The van der Waals surface area contributed by atoms with E-state index in [4.69, 9.17) is 0 Å². The van der Waals surface area contributed by atoms with Gasteiger partial charge in [-0.15, -0.1) is 0 Å². The number of likely N-dealkylation sites (tertiary alicyclic amines) is 1. The monoisotopic (exact) mass is 270 g/mol. The SMILES string of the molecule is CC.CN1CCC(NC(=O)c2cccc(F)c2F)C1. The number of carbonyl (C=O) groups is 1. The summed E-state index contributed by atoms with van der Waals surface area (Å²) in [6.07, 6.45) is 0.833. The Morgan fingerprint density at radius 1 is 1.37 bits per heavy atom. The van der Waals surface area contributed by atoms with Crippen LogP contribution in [0.3, 0.4) is 0 Å². The molecule has 1 aromatic rings. The minimum absolute atomic E-state index is 0.00941. The Morgan fingerprint density at radius 3 is 2.63 bits per heavy atom. The van der Waals surface area contributed by atoms with Gasteiger partial charge in [0.25, 0.3) is 5.91 Å². The van der Waals surface area contributed by atoms with Crippen LogP contribution in [-0.2, 0) is 0 Å². The van der Waals surface area contributed by atoms with Gasteiger partial charge in [-0.05, 0) is 32.1 Å². The summed E-state index contributed by atoms with van der Waals surface area (Å²) in [5.41, 5.74) is -0.237. The zero-order chi connectivity index (χ0) is 14.4. The number of carbonyl (C=O) groups excluding carboxylic acids is 1. The first-order valence-corrected chi connectivity index (χ1v) is 6.51. The second-order valence-corrected chi connectivity index (χ2v) is 4.32. The van der Waals surface area contributed by atoms with Crippen LogP contribution in [-0.4, -0.2) is 37.0 Å². The Hall–Kier alpha value is -1.49. The van der Waals surface area contributed by atoms with Gasteiger partial charge >= 0.3 is 0 Å². The van der Waals surface area contributed by atoms with Crippen LogP contribution in [0.4, 0.5) is 8.78 Å². The normalized spacial score (nSPS) is 18.7. The first-order chi connectivity index (χ1) is 9.08. The van der Waals surface area contributed by atoms with E-state index in [2.05, 4.69) is 10.2 Å². The molecule has 3 nitrogen and oxygen atoms in total. The van der Waals surface area contributed by atoms with Crippen molar-refractivity contribution in [2.24, 2.45) is 0 Å². The highest BCUT2D eigenvalue weighted by Gasteiger charge is 2.23. The Kier molecular flexibility index (Phi) is 5.89. The molecule has 1 heterocycles.